The van der Waals surface area contributed by atoms with Crippen molar-refractivity contribution in [3.05, 3.63) is 117 Å². The highest BCUT2D eigenvalue weighted by Gasteiger charge is 2.27. The highest BCUT2D eigenvalue weighted by molar-refractivity contribution is 7.80. The van der Waals surface area contributed by atoms with Crippen LogP contribution in [0.4, 0.5) is 8.78 Å². The molecule has 3 aromatic carbocycles. The highest BCUT2D eigenvalue weighted by atomic mass is 35.5. The third-order valence-corrected chi connectivity index (χ3v) is 7.83. The standard InChI is InChI=1S/C32H28ClF2N3OS/c33-29-13-24(18-37-9-10-40)31(39-19-21-11-20(15-36)16-38-17-21)14-23(29)12-22-7-8-27-25(22)3-1-4-26(27)28-5-2-6-30(34)32(28)35/h1-6,11,13-14,16-17,22,37,40H,7-10,12,18-19H2/t22-/m1/s1. The Morgan fingerprint density at radius 2 is 1.90 bits per heavy atom. The molecule has 0 saturated heterocycles. The van der Waals surface area contributed by atoms with Crippen LogP contribution < -0.4 is 10.1 Å². The van der Waals surface area contributed by atoms with Crippen LogP contribution in [0.2, 0.25) is 5.02 Å². The van der Waals surface area contributed by atoms with E-state index in [4.69, 9.17) is 16.3 Å². The zero-order chi connectivity index (χ0) is 28.1. The smallest absolute Gasteiger partial charge is 0.166 e. The van der Waals surface area contributed by atoms with Crippen LogP contribution in [0, 0.1) is 23.0 Å². The van der Waals surface area contributed by atoms with Gasteiger partial charge in [0.15, 0.2) is 11.6 Å². The number of hydrogen-bond donors (Lipinski definition) is 2. The Labute approximate surface area is 243 Å². The lowest BCUT2D eigenvalue weighted by atomic mass is 9.90. The van der Waals surface area contributed by atoms with Gasteiger partial charge in [-0.05, 0) is 71.7 Å². The molecule has 0 bridgehead atoms. The predicted molar refractivity (Wildman–Crippen MR) is 157 cm³/mol. The normalized spacial score (nSPS) is 14.1. The Bertz CT molecular complexity index is 1570. The van der Waals surface area contributed by atoms with E-state index >= 15 is 0 Å². The van der Waals surface area contributed by atoms with Crippen LogP contribution >= 0.6 is 24.2 Å². The summed E-state index contributed by atoms with van der Waals surface area (Å²) in [5, 5.41) is 13.2. The van der Waals surface area contributed by atoms with Gasteiger partial charge >= 0.3 is 0 Å². The number of aromatic nitrogens is 1. The van der Waals surface area contributed by atoms with Gasteiger partial charge in [0.05, 0.1) is 5.56 Å². The van der Waals surface area contributed by atoms with Crippen LogP contribution in [0.15, 0.2) is 67.0 Å². The monoisotopic (exact) mass is 575 g/mol. The largest absolute Gasteiger partial charge is 0.489 e. The van der Waals surface area contributed by atoms with Gasteiger partial charge in [-0.3, -0.25) is 4.98 Å². The van der Waals surface area contributed by atoms with Crippen molar-refractivity contribution in [1.29, 1.82) is 5.26 Å². The number of nitrogens with zero attached hydrogens (tertiary/aromatic N) is 2. The average Bonchev–Trinajstić information content (AvgIpc) is 3.38. The van der Waals surface area contributed by atoms with E-state index in [1.807, 2.05) is 24.3 Å². The van der Waals surface area contributed by atoms with Crippen molar-refractivity contribution in [3.8, 4) is 22.9 Å². The van der Waals surface area contributed by atoms with E-state index in [1.54, 1.807) is 24.4 Å². The molecule has 0 radical (unpaired) electrons. The van der Waals surface area contributed by atoms with E-state index in [9.17, 15) is 14.0 Å². The molecular formula is C32H28ClF2N3OS. The lowest BCUT2D eigenvalue weighted by molar-refractivity contribution is 0.301. The lowest BCUT2D eigenvalue weighted by Crippen LogP contribution is -2.17. The van der Waals surface area contributed by atoms with E-state index in [0.717, 1.165) is 58.8 Å². The summed E-state index contributed by atoms with van der Waals surface area (Å²) >= 11 is 11.1. The molecule has 0 spiro atoms. The molecule has 0 aliphatic heterocycles. The van der Waals surface area contributed by atoms with Crippen LogP contribution in [0.3, 0.4) is 0 Å². The molecule has 1 N–H and O–H groups in total. The van der Waals surface area contributed by atoms with Crippen LogP contribution in [0.5, 0.6) is 5.75 Å². The van der Waals surface area contributed by atoms with Crippen molar-refractivity contribution in [2.75, 3.05) is 12.3 Å². The maximum atomic E-state index is 14.6. The number of fused-ring (bicyclic) bond motifs is 1. The molecule has 1 heterocycles. The minimum absolute atomic E-state index is 0.182. The zero-order valence-corrected chi connectivity index (χ0v) is 23.4. The molecule has 1 aliphatic rings. The number of hydrogen-bond acceptors (Lipinski definition) is 5. The second kappa shape index (κ2) is 12.8. The zero-order valence-electron chi connectivity index (χ0n) is 21.8. The first kappa shape index (κ1) is 28.1. The molecule has 4 aromatic rings. The van der Waals surface area contributed by atoms with E-state index in [1.165, 1.54) is 6.20 Å². The fraction of sp³-hybridized carbons (Fsp3) is 0.250. The molecule has 1 aliphatic carbocycles. The van der Waals surface area contributed by atoms with Gasteiger partial charge < -0.3 is 10.1 Å². The topological polar surface area (TPSA) is 57.9 Å². The van der Waals surface area contributed by atoms with E-state index < -0.39 is 11.6 Å². The van der Waals surface area contributed by atoms with Crippen molar-refractivity contribution in [3.63, 3.8) is 0 Å². The average molecular weight is 576 g/mol. The summed E-state index contributed by atoms with van der Waals surface area (Å²) in [6.45, 7) is 1.57. The lowest BCUT2D eigenvalue weighted by Gasteiger charge is -2.18. The van der Waals surface area contributed by atoms with Crippen LogP contribution in [-0.4, -0.2) is 17.3 Å². The molecular weight excluding hydrogens is 548 g/mol. The van der Waals surface area contributed by atoms with Crippen molar-refractivity contribution in [1.82, 2.24) is 10.3 Å². The van der Waals surface area contributed by atoms with Gasteiger partial charge in [0.25, 0.3) is 0 Å². The summed E-state index contributed by atoms with van der Waals surface area (Å²) in [5.74, 6) is -0.0642. The first-order valence-electron chi connectivity index (χ1n) is 13.1. The molecule has 5 rings (SSSR count). The quantitative estimate of drug-likeness (QED) is 0.153. The van der Waals surface area contributed by atoms with Crippen LogP contribution in [0.1, 0.15) is 45.7 Å². The molecule has 1 atom stereocenters. The van der Waals surface area contributed by atoms with Crippen LogP contribution in [0.25, 0.3) is 11.1 Å². The Morgan fingerprint density at radius 1 is 1.07 bits per heavy atom. The van der Waals surface area contributed by atoms with Crippen molar-refractivity contribution in [2.24, 2.45) is 0 Å². The SMILES string of the molecule is N#Cc1cncc(COc2cc(C[C@H]3CCc4c(-c5cccc(F)c5F)cccc43)c(Cl)cc2CNCCS)c1. The molecule has 204 valence electrons. The van der Waals surface area contributed by atoms with Crippen molar-refractivity contribution < 1.29 is 13.5 Å². The van der Waals surface area contributed by atoms with E-state index in [0.29, 0.717) is 40.6 Å². The van der Waals surface area contributed by atoms with Crippen molar-refractivity contribution in [2.45, 2.75) is 38.3 Å². The van der Waals surface area contributed by atoms with Crippen LogP contribution in [-0.2, 0) is 26.0 Å². The fourth-order valence-electron chi connectivity index (χ4n) is 5.34. The number of nitriles is 1. The van der Waals surface area contributed by atoms with Gasteiger partial charge in [0, 0.05) is 52.9 Å². The maximum Gasteiger partial charge on any atom is 0.166 e. The summed E-state index contributed by atoms with van der Waals surface area (Å²) in [6.07, 6.45) is 5.55. The van der Waals surface area contributed by atoms with Gasteiger partial charge in [-0.1, -0.05) is 41.9 Å². The number of benzene rings is 3. The molecule has 40 heavy (non-hydrogen) atoms. The highest BCUT2D eigenvalue weighted by Crippen LogP contribution is 2.42. The maximum absolute atomic E-state index is 14.6. The molecule has 8 heteroatoms. The van der Waals surface area contributed by atoms with Gasteiger partial charge in [-0.15, -0.1) is 0 Å². The Morgan fingerprint density at radius 3 is 2.73 bits per heavy atom. The number of halogens is 3. The molecule has 0 amide bonds. The summed E-state index contributed by atoms with van der Waals surface area (Å²) < 4.78 is 34.9. The predicted octanol–water partition coefficient (Wildman–Crippen LogP) is 7.42. The van der Waals surface area contributed by atoms with Gasteiger partial charge in [-0.25, -0.2) is 8.78 Å². The minimum atomic E-state index is -0.844. The summed E-state index contributed by atoms with van der Waals surface area (Å²) in [7, 11) is 0. The first-order valence-corrected chi connectivity index (χ1v) is 14.2. The second-order valence-electron chi connectivity index (χ2n) is 9.85. The summed E-state index contributed by atoms with van der Waals surface area (Å²) in [5.41, 5.74) is 6.39. The second-order valence-corrected chi connectivity index (χ2v) is 10.7. The summed E-state index contributed by atoms with van der Waals surface area (Å²) in [6, 6.07) is 18.0. The van der Waals surface area contributed by atoms with Crippen molar-refractivity contribution >= 4 is 24.2 Å². The molecule has 0 fully saturated rings. The Hall–Kier alpha value is -3.44. The number of nitrogens with one attached hydrogen (secondary N) is 1. The van der Waals surface area contributed by atoms with Gasteiger partial charge in [-0.2, -0.15) is 17.9 Å². The number of thiol groups is 1. The first-order chi connectivity index (χ1) is 19.5. The Balaban J connectivity index is 1.42. The number of rotatable bonds is 10. The van der Waals surface area contributed by atoms with Gasteiger partial charge in [0.1, 0.15) is 18.4 Å². The summed E-state index contributed by atoms with van der Waals surface area (Å²) in [4.78, 5) is 4.12. The third-order valence-electron chi connectivity index (χ3n) is 7.25. The third kappa shape index (κ3) is 6.15. The van der Waals surface area contributed by atoms with Gasteiger partial charge in [0.2, 0.25) is 0 Å². The number of ether oxygens (including phenoxy) is 1. The molecule has 1 aromatic heterocycles. The molecule has 4 nitrogen and oxygen atoms in total. The Kier molecular flexibility index (Phi) is 9.01. The van der Waals surface area contributed by atoms with E-state index in [2.05, 4.69) is 35.1 Å². The molecule has 0 saturated carbocycles. The number of pyridine rings is 1. The molecule has 0 unspecified atom stereocenters. The van der Waals surface area contributed by atoms with E-state index in [-0.39, 0.29) is 12.5 Å². The minimum Gasteiger partial charge on any atom is -0.489 e. The fourth-order valence-corrected chi connectivity index (χ4v) is 5.76.